The molecule has 94 valence electrons. The molecule has 4 N–H and O–H groups in total. The molecule has 0 radical (unpaired) electrons. The van der Waals surface area contributed by atoms with Gasteiger partial charge in [-0.1, -0.05) is 19.8 Å². The van der Waals surface area contributed by atoms with Crippen molar-refractivity contribution < 1.29 is 0 Å². The molecule has 0 atom stereocenters. The second-order valence-electron chi connectivity index (χ2n) is 4.40. The minimum atomic E-state index is 0.554. The SMILES string of the molecule is CCN(C)CCN=C(NN)NC1CCCC1. The molecule has 0 unspecified atom stereocenters. The van der Waals surface area contributed by atoms with Crippen LogP contribution in [0.3, 0.4) is 0 Å². The molecule has 0 heterocycles. The number of nitrogens with one attached hydrogen (secondary N) is 2. The van der Waals surface area contributed by atoms with Gasteiger partial charge in [0.15, 0.2) is 0 Å². The summed E-state index contributed by atoms with van der Waals surface area (Å²) in [6.07, 6.45) is 5.09. The predicted octanol–water partition coefficient (Wildman–Crippen LogP) is 0.290. The van der Waals surface area contributed by atoms with E-state index in [1.807, 2.05) is 0 Å². The standard InChI is InChI=1S/C11H25N5/c1-3-16(2)9-8-13-11(15-12)14-10-6-4-5-7-10/h10H,3-9,12H2,1-2H3,(H2,13,14,15). The number of likely N-dealkylation sites (N-methyl/N-ethyl adjacent to an activating group) is 1. The van der Waals surface area contributed by atoms with Crippen LogP contribution in [0.5, 0.6) is 0 Å². The predicted molar refractivity (Wildman–Crippen MR) is 68.2 cm³/mol. The van der Waals surface area contributed by atoms with E-state index in [4.69, 9.17) is 5.84 Å². The lowest BCUT2D eigenvalue weighted by Crippen LogP contribution is -2.45. The summed E-state index contributed by atoms with van der Waals surface area (Å²) in [6.45, 7) is 4.94. The third kappa shape index (κ3) is 4.81. The maximum absolute atomic E-state index is 5.44. The summed E-state index contributed by atoms with van der Waals surface area (Å²) in [5.74, 6) is 6.18. The summed E-state index contributed by atoms with van der Waals surface area (Å²) in [5.41, 5.74) is 2.64. The zero-order valence-electron chi connectivity index (χ0n) is 10.5. The zero-order chi connectivity index (χ0) is 11.8. The van der Waals surface area contributed by atoms with E-state index in [2.05, 4.69) is 34.6 Å². The molecular formula is C11H25N5. The van der Waals surface area contributed by atoms with Gasteiger partial charge in [-0.3, -0.25) is 10.4 Å². The third-order valence-corrected chi connectivity index (χ3v) is 3.12. The van der Waals surface area contributed by atoms with Crippen molar-refractivity contribution in [1.29, 1.82) is 0 Å². The van der Waals surface area contributed by atoms with Crippen LogP contribution in [0, 0.1) is 0 Å². The van der Waals surface area contributed by atoms with Crippen LogP contribution in [0.15, 0.2) is 4.99 Å². The van der Waals surface area contributed by atoms with Crippen molar-refractivity contribution in [1.82, 2.24) is 15.6 Å². The first-order chi connectivity index (χ1) is 7.76. The number of hydrazine groups is 1. The average Bonchev–Trinajstić information content (AvgIpc) is 2.80. The van der Waals surface area contributed by atoms with Crippen LogP contribution in [0.1, 0.15) is 32.6 Å². The van der Waals surface area contributed by atoms with Crippen molar-refractivity contribution >= 4 is 5.96 Å². The Bertz CT molecular complexity index is 210. The monoisotopic (exact) mass is 227 g/mol. The van der Waals surface area contributed by atoms with Crippen molar-refractivity contribution in [2.75, 3.05) is 26.7 Å². The second-order valence-corrected chi connectivity index (χ2v) is 4.40. The van der Waals surface area contributed by atoms with Crippen molar-refractivity contribution in [2.45, 2.75) is 38.6 Å². The second kappa shape index (κ2) is 7.46. The van der Waals surface area contributed by atoms with Gasteiger partial charge in [-0.25, -0.2) is 5.84 Å². The summed E-state index contributed by atoms with van der Waals surface area (Å²) in [7, 11) is 2.09. The lowest BCUT2D eigenvalue weighted by Gasteiger charge is -2.16. The van der Waals surface area contributed by atoms with E-state index >= 15 is 0 Å². The van der Waals surface area contributed by atoms with E-state index in [1.54, 1.807) is 0 Å². The Morgan fingerprint density at radius 1 is 1.44 bits per heavy atom. The van der Waals surface area contributed by atoms with Crippen LogP contribution >= 0.6 is 0 Å². The van der Waals surface area contributed by atoms with Gasteiger partial charge in [-0.15, -0.1) is 0 Å². The number of guanidine groups is 1. The van der Waals surface area contributed by atoms with Crippen LogP contribution < -0.4 is 16.6 Å². The van der Waals surface area contributed by atoms with E-state index in [0.717, 1.165) is 25.6 Å². The van der Waals surface area contributed by atoms with Gasteiger partial charge in [0.05, 0.1) is 6.54 Å². The van der Waals surface area contributed by atoms with Gasteiger partial charge in [0, 0.05) is 12.6 Å². The van der Waals surface area contributed by atoms with Gasteiger partial charge in [0.1, 0.15) is 0 Å². The molecule has 1 fully saturated rings. The van der Waals surface area contributed by atoms with E-state index in [0.29, 0.717) is 6.04 Å². The summed E-state index contributed by atoms with van der Waals surface area (Å²) >= 11 is 0. The fourth-order valence-corrected chi connectivity index (χ4v) is 1.89. The largest absolute Gasteiger partial charge is 0.353 e. The Morgan fingerprint density at radius 3 is 2.69 bits per heavy atom. The van der Waals surface area contributed by atoms with Crippen molar-refractivity contribution in [2.24, 2.45) is 10.8 Å². The molecule has 0 aromatic heterocycles. The van der Waals surface area contributed by atoms with Crippen LogP contribution in [0.2, 0.25) is 0 Å². The lowest BCUT2D eigenvalue weighted by molar-refractivity contribution is 0.363. The molecule has 0 spiro atoms. The van der Waals surface area contributed by atoms with Gasteiger partial charge in [0.25, 0.3) is 0 Å². The molecule has 1 saturated carbocycles. The van der Waals surface area contributed by atoms with E-state index in [1.165, 1.54) is 25.7 Å². The van der Waals surface area contributed by atoms with E-state index in [-0.39, 0.29) is 0 Å². The lowest BCUT2D eigenvalue weighted by atomic mass is 10.2. The molecule has 1 aliphatic carbocycles. The Labute approximate surface area is 98.4 Å². The van der Waals surface area contributed by atoms with Crippen LogP contribution in [-0.4, -0.2) is 43.6 Å². The highest BCUT2D eigenvalue weighted by Crippen LogP contribution is 2.17. The molecule has 0 amide bonds. The third-order valence-electron chi connectivity index (χ3n) is 3.12. The van der Waals surface area contributed by atoms with Crippen molar-refractivity contribution in [3.63, 3.8) is 0 Å². The molecule has 0 aliphatic heterocycles. The number of hydrogen-bond acceptors (Lipinski definition) is 3. The fraction of sp³-hybridized carbons (Fsp3) is 0.909. The summed E-state index contributed by atoms with van der Waals surface area (Å²) in [5, 5.41) is 3.35. The maximum atomic E-state index is 5.44. The average molecular weight is 227 g/mol. The molecule has 0 aromatic rings. The maximum Gasteiger partial charge on any atom is 0.205 e. The number of nitrogens with two attached hydrogens (primary N) is 1. The molecule has 5 nitrogen and oxygen atoms in total. The molecular weight excluding hydrogens is 202 g/mol. The Kier molecular flexibility index (Phi) is 6.18. The van der Waals surface area contributed by atoms with Crippen molar-refractivity contribution in [3.8, 4) is 0 Å². The summed E-state index contributed by atoms with van der Waals surface area (Å²) < 4.78 is 0. The molecule has 16 heavy (non-hydrogen) atoms. The highest BCUT2D eigenvalue weighted by atomic mass is 15.3. The molecule has 1 rings (SSSR count). The first-order valence-electron chi connectivity index (χ1n) is 6.22. The number of hydrogen-bond donors (Lipinski definition) is 3. The molecule has 0 saturated heterocycles. The zero-order valence-corrected chi connectivity index (χ0v) is 10.5. The number of rotatable bonds is 5. The minimum absolute atomic E-state index is 0.554. The molecule has 1 aliphatic rings. The van der Waals surface area contributed by atoms with Crippen LogP contribution in [-0.2, 0) is 0 Å². The first-order valence-corrected chi connectivity index (χ1v) is 6.22. The number of nitrogens with zero attached hydrogens (tertiary/aromatic N) is 2. The van der Waals surface area contributed by atoms with Gasteiger partial charge >= 0.3 is 0 Å². The van der Waals surface area contributed by atoms with E-state index < -0.39 is 0 Å². The number of aliphatic imine (C=N–C) groups is 1. The van der Waals surface area contributed by atoms with E-state index in [9.17, 15) is 0 Å². The summed E-state index contributed by atoms with van der Waals surface area (Å²) in [4.78, 5) is 6.65. The van der Waals surface area contributed by atoms with Gasteiger partial charge in [0.2, 0.25) is 5.96 Å². The Balaban J connectivity index is 2.25. The van der Waals surface area contributed by atoms with Crippen molar-refractivity contribution in [3.05, 3.63) is 0 Å². The highest BCUT2D eigenvalue weighted by molar-refractivity contribution is 5.79. The van der Waals surface area contributed by atoms with Gasteiger partial charge in [-0.2, -0.15) is 0 Å². The molecule has 5 heteroatoms. The summed E-state index contributed by atoms with van der Waals surface area (Å²) in [6, 6.07) is 0.554. The normalized spacial score (nSPS) is 18.1. The van der Waals surface area contributed by atoms with Crippen LogP contribution in [0.25, 0.3) is 0 Å². The fourth-order valence-electron chi connectivity index (χ4n) is 1.89. The highest BCUT2D eigenvalue weighted by Gasteiger charge is 2.15. The topological polar surface area (TPSA) is 65.7 Å². The smallest absolute Gasteiger partial charge is 0.205 e. The Morgan fingerprint density at radius 2 is 2.12 bits per heavy atom. The Hall–Kier alpha value is -0.810. The van der Waals surface area contributed by atoms with Crippen LogP contribution in [0.4, 0.5) is 0 Å². The molecule has 0 aromatic carbocycles. The van der Waals surface area contributed by atoms with Gasteiger partial charge in [-0.05, 0) is 26.4 Å². The minimum Gasteiger partial charge on any atom is -0.353 e. The van der Waals surface area contributed by atoms with Gasteiger partial charge < -0.3 is 10.2 Å². The first kappa shape index (κ1) is 13.3. The molecule has 0 bridgehead atoms. The quantitative estimate of drug-likeness (QED) is 0.273.